The van der Waals surface area contributed by atoms with Gasteiger partial charge in [-0.3, -0.25) is 14.9 Å². The van der Waals surface area contributed by atoms with Crippen molar-refractivity contribution >= 4 is 23.3 Å². The van der Waals surface area contributed by atoms with Gasteiger partial charge in [0.1, 0.15) is 5.56 Å². The van der Waals surface area contributed by atoms with E-state index in [4.69, 9.17) is 0 Å². The van der Waals surface area contributed by atoms with Gasteiger partial charge in [-0.2, -0.15) is 0 Å². The Balaban J connectivity index is 2.59. The maximum Gasteiger partial charge on any atom is 0.291 e. The maximum atomic E-state index is 10.9. The Labute approximate surface area is 95.3 Å². The number of aldehydes is 1. The van der Waals surface area contributed by atoms with Crippen molar-refractivity contribution in [3.8, 4) is 10.4 Å². The summed E-state index contributed by atoms with van der Waals surface area (Å²) < 4.78 is 0. The van der Waals surface area contributed by atoms with Crippen LogP contribution in [0.3, 0.4) is 0 Å². The van der Waals surface area contributed by atoms with E-state index in [0.29, 0.717) is 11.2 Å². The number of hydrogen-bond acceptors (Lipinski definition) is 4. The standard InChI is InChI=1S/C11H7NO3S/c13-6-9-10(12(14)15)7-16-11(9)8-4-2-1-3-5-8/h1-7H. The second kappa shape index (κ2) is 4.24. The highest BCUT2D eigenvalue weighted by Crippen LogP contribution is 2.35. The van der Waals surface area contributed by atoms with Crippen LogP contribution in [0.4, 0.5) is 5.69 Å². The third kappa shape index (κ3) is 1.72. The Morgan fingerprint density at radius 3 is 2.50 bits per heavy atom. The summed E-state index contributed by atoms with van der Waals surface area (Å²) in [5.41, 5.74) is 0.850. The molecule has 16 heavy (non-hydrogen) atoms. The minimum absolute atomic E-state index is 0.126. The summed E-state index contributed by atoms with van der Waals surface area (Å²) in [4.78, 5) is 21.7. The largest absolute Gasteiger partial charge is 0.298 e. The number of carbonyl (C=O) groups is 1. The average Bonchev–Trinajstić information content (AvgIpc) is 2.73. The molecular weight excluding hydrogens is 226 g/mol. The first-order valence-electron chi connectivity index (χ1n) is 4.50. The molecule has 5 heteroatoms. The summed E-state index contributed by atoms with van der Waals surface area (Å²) in [5.74, 6) is 0. The highest BCUT2D eigenvalue weighted by atomic mass is 32.1. The number of rotatable bonds is 3. The van der Waals surface area contributed by atoms with E-state index in [1.54, 1.807) is 0 Å². The van der Waals surface area contributed by atoms with Gasteiger partial charge >= 0.3 is 0 Å². The van der Waals surface area contributed by atoms with E-state index in [1.165, 1.54) is 16.7 Å². The third-order valence-corrected chi connectivity index (χ3v) is 3.19. The lowest BCUT2D eigenvalue weighted by atomic mass is 10.1. The minimum atomic E-state index is -0.535. The van der Waals surface area contributed by atoms with Gasteiger partial charge in [0.25, 0.3) is 5.69 Å². The van der Waals surface area contributed by atoms with Crippen molar-refractivity contribution in [2.75, 3.05) is 0 Å². The molecule has 0 amide bonds. The van der Waals surface area contributed by atoms with E-state index < -0.39 is 4.92 Å². The molecule has 2 rings (SSSR count). The van der Waals surface area contributed by atoms with Crippen molar-refractivity contribution in [1.82, 2.24) is 0 Å². The number of thiophene rings is 1. The van der Waals surface area contributed by atoms with Crippen molar-refractivity contribution in [3.05, 3.63) is 51.4 Å². The molecule has 0 bridgehead atoms. The van der Waals surface area contributed by atoms with Crippen LogP contribution in [0.1, 0.15) is 10.4 Å². The van der Waals surface area contributed by atoms with E-state index in [9.17, 15) is 14.9 Å². The molecule has 0 saturated carbocycles. The van der Waals surface area contributed by atoms with Crippen LogP contribution in [0, 0.1) is 10.1 Å². The van der Waals surface area contributed by atoms with E-state index in [-0.39, 0.29) is 11.3 Å². The van der Waals surface area contributed by atoms with Crippen molar-refractivity contribution in [3.63, 3.8) is 0 Å². The second-order valence-electron chi connectivity index (χ2n) is 3.10. The van der Waals surface area contributed by atoms with Crippen LogP contribution in [0.5, 0.6) is 0 Å². The molecule has 0 aliphatic carbocycles. The first-order chi connectivity index (χ1) is 7.74. The molecule has 1 aromatic carbocycles. The zero-order chi connectivity index (χ0) is 11.5. The summed E-state index contributed by atoms with van der Waals surface area (Å²) >= 11 is 1.21. The number of nitrogens with zero attached hydrogens (tertiary/aromatic N) is 1. The Hall–Kier alpha value is -2.01. The Morgan fingerprint density at radius 1 is 1.25 bits per heavy atom. The smallest absolute Gasteiger partial charge is 0.291 e. The topological polar surface area (TPSA) is 60.2 Å². The summed E-state index contributed by atoms with van der Waals surface area (Å²) in [5, 5.41) is 12.1. The summed E-state index contributed by atoms with van der Waals surface area (Å²) in [6, 6.07) is 9.15. The monoisotopic (exact) mass is 233 g/mol. The summed E-state index contributed by atoms with van der Waals surface area (Å²) in [6.07, 6.45) is 0.539. The van der Waals surface area contributed by atoms with Crippen molar-refractivity contribution < 1.29 is 9.72 Å². The van der Waals surface area contributed by atoms with Gasteiger partial charge in [0.15, 0.2) is 6.29 Å². The number of nitro groups is 1. The van der Waals surface area contributed by atoms with Gasteiger partial charge in [0.05, 0.1) is 15.2 Å². The Kier molecular flexibility index (Phi) is 2.78. The quantitative estimate of drug-likeness (QED) is 0.465. The molecule has 0 N–H and O–H groups in total. The van der Waals surface area contributed by atoms with Gasteiger partial charge in [-0.05, 0) is 5.56 Å². The number of carbonyl (C=O) groups excluding carboxylic acids is 1. The Morgan fingerprint density at radius 2 is 1.94 bits per heavy atom. The normalized spacial score (nSPS) is 10.0. The van der Waals surface area contributed by atoms with Gasteiger partial charge in [0.2, 0.25) is 0 Å². The van der Waals surface area contributed by atoms with Crippen LogP contribution in [0.25, 0.3) is 10.4 Å². The van der Waals surface area contributed by atoms with E-state index in [0.717, 1.165) is 5.56 Å². The summed E-state index contributed by atoms with van der Waals surface area (Å²) in [6.45, 7) is 0. The number of hydrogen-bond donors (Lipinski definition) is 0. The maximum absolute atomic E-state index is 10.9. The molecule has 0 spiro atoms. The molecule has 0 fully saturated rings. The van der Waals surface area contributed by atoms with Crippen LogP contribution >= 0.6 is 11.3 Å². The fraction of sp³-hybridized carbons (Fsp3) is 0. The van der Waals surface area contributed by atoms with Gasteiger partial charge in [0, 0.05) is 0 Å². The lowest BCUT2D eigenvalue weighted by molar-refractivity contribution is -0.384. The molecule has 0 unspecified atom stereocenters. The molecular formula is C11H7NO3S. The van der Waals surface area contributed by atoms with Crippen LogP contribution in [0.15, 0.2) is 35.7 Å². The molecule has 4 nitrogen and oxygen atoms in total. The zero-order valence-corrected chi connectivity index (χ0v) is 8.94. The predicted molar refractivity (Wildman–Crippen MR) is 61.8 cm³/mol. The summed E-state index contributed by atoms with van der Waals surface area (Å²) in [7, 11) is 0. The molecule has 0 radical (unpaired) electrons. The zero-order valence-electron chi connectivity index (χ0n) is 8.12. The van der Waals surface area contributed by atoms with Crippen molar-refractivity contribution in [2.24, 2.45) is 0 Å². The van der Waals surface area contributed by atoms with Crippen LogP contribution in [-0.2, 0) is 0 Å². The van der Waals surface area contributed by atoms with Crippen molar-refractivity contribution in [2.45, 2.75) is 0 Å². The molecule has 0 atom stereocenters. The lowest BCUT2D eigenvalue weighted by Gasteiger charge is -1.97. The first kappa shape index (κ1) is 10.5. The lowest BCUT2D eigenvalue weighted by Crippen LogP contribution is -1.91. The third-order valence-electron chi connectivity index (χ3n) is 2.16. The molecule has 0 aliphatic heterocycles. The number of benzene rings is 1. The van der Waals surface area contributed by atoms with Crippen LogP contribution < -0.4 is 0 Å². The van der Waals surface area contributed by atoms with Crippen LogP contribution in [0.2, 0.25) is 0 Å². The van der Waals surface area contributed by atoms with Gasteiger partial charge in [-0.25, -0.2) is 0 Å². The molecule has 0 saturated heterocycles. The fourth-order valence-electron chi connectivity index (χ4n) is 1.43. The molecule has 0 aliphatic rings. The van der Waals surface area contributed by atoms with Gasteiger partial charge in [-0.15, -0.1) is 11.3 Å². The van der Waals surface area contributed by atoms with E-state index in [2.05, 4.69) is 0 Å². The predicted octanol–water partition coefficient (Wildman–Crippen LogP) is 3.14. The van der Waals surface area contributed by atoms with Gasteiger partial charge in [-0.1, -0.05) is 30.3 Å². The molecule has 80 valence electrons. The van der Waals surface area contributed by atoms with Crippen molar-refractivity contribution in [1.29, 1.82) is 0 Å². The van der Waals surface area contributed by atoms with Crippen LogP contribution in [-0.4, -0.2) is 11.2 Å². The average molecular weight is 233 g/mol. The second-order valence-corrected chi connectivity index (χ2v) is 3.98. The fourth-order valence-corrected chi connectivity index (χ4v) is 2.42. The highest BCUT2D eigenvalue weighted by Gasteiger charge is 2.20. The molecule has 2 aromatic rings. The SMILES string of the molecule is O=Cc1c([N+](=O)[O-])csc1-c1ccccc1. The highest BCUT2D eigenvalue weighted by molar-refractivity contribution is 7.14. The Bertz CT molecular complexity index is 533. The van der Waals surface area contributed by atoms with E-state index in [1.807, 2.05) is 30.3 Å². The van der Waals surface area contributed by atoms with E-state index >= 15 is 0 Å². The minimum Gasteiger partial charge on any atom is -0.298 e. The molecule has 1 aromatic heterocycles. The first-order valence-corrected chi connectivity index (χ1v) is 5.38. The van der Waals surface area contributed by atoms with Gasteiger partial charge < -0.3 is 0 Å². The molecule has 1 heterocycles.